The lowest BCUT2D eigenvalue weighted by Crippen LogP contribution is -2.58. The van der Waals surface area contributed by atoms with Crippen LogP contribution < -0.4 is 0 Å². The molecule has 1 aromatic rings. The Kier molecular flexibility index (Phi) is 9.06. The van der Waals surface area contributed by atoms with E-state index in [9.17, 15) is 8.78 Å². The van der Waals surface area contributed by atoms with Gasteiger partial charge in [0.15, 0.2) is 0 Å². The minimum absolute atomic E-state index is 0.0522. The first-order valence-electron chi connectivity index (χ1n) is 13.2. The summed E-state index contributed by atoms with van der Waals surface area (Å²) in [5.74, 6) is -17.3. The van der Waals surface area contributed by atoms with Crippen molar-refractivity contribution in [1.82, 2.24) is 0 Å². The van der Waals surface area contributed by atoms with Crippen LogP contribution in [0.2, 0.25) is 0 Å². The van der Waals surface area contributed by atoms with E-state index in [4.69, 9.17) is 0 Å². The van der Waals surface area contributed by atoms with Crippen molar-refractivity contribution in [2.45, 2.75) is 121 Å². The summed E-state index contributed by atoms with van der Waals surface area (Å²) in [6.07, 6.45) is 4.76. The fraction of sp³-hybridized carbons (Fsp3) is 0.786. The van der Waals surface area contributed by atoms with Crippen molar-refractivity contribution in [3.63, 3.8) is 0 Å². The van der Waals surface area contributed by atoms with Gasteiger partial charge in [-0.25, -0.2) is 8.78 Å². The van der Waals surface area contributed by atoms with Crippen LogP contribution in [-0.2, 0) is 6.42 Å². The van der Waals surface area contributed by atoms with Crippen molar-refractivity contribution in [3.8, 4) is 0 Å². The maximum atomic E-state index is 15.1. The minimum Gasteiger partial charge on any atom is -0.206 e. The SMILES string of the molecule is CCCCCC1CCC(C(F)(F)C(F)(F)C2CCC(c3ccc(CCC)cc3)CC2)C(F)(F)C1. The van der Waals surface area contributed by atoms with Crippen molar-refractivity contribution in [3.05, 3.63) is 35.4 Å². The Morgan fingerprint density at radius 3 is 2.00 bits per heavy atom. The number of unbranched alkanes of at least 4 members (excludes halogenated alkanes) is 2. The maximum Gasteiger partial charge on any atom is 0.318 e. The van der Waals surface area contributed by atoms with Crippen molar-refractivity contribution in [2.75, 3.05) is 0 Å². The third-order valence-corrected chi connectivity index (χ3v) is 8.26. The molecule has 0 heterocycles. The Bertz CT molecular complexity index is 749. The van der Waals surface area contributed by atoms with Crippen LogP contribution in [0.25, 0.3) is 0 Å². The fourth-order valence-electron chi connectivity index (χ4n) is 6.16. The van der Waals surface area contributed by atoms with Crippen LogP contribution in [0.4, 0.5) is 26.3 Å². The van der Waals surface area contributed by atoms with Gasteiger partial charge >= 0.3 is 11.8 Å². The Morgan fingerprint density at radius 2 is 1.44 bits per heavy atom. The molecule has 3 rings (SSSR count). The van der Waals surface area contributed by atoms with Crippen LogP contribution in [0.5, 0.6) is 0 Å². The molecule has 34 heavy (non-hydrogen) atoms. The molecule has 2 aliphatic carbocycles. The first-order chi connectivity index (χ1) is 16.0. The Labute approximate surface area is 200 Å². The number of aryl methyl sites for hydroxylation is 1. The van der Waals surface area contributed by atoms with Crippen molar-refractivity contribution < 1.29 is 26.3 Å². The highest BCUT2D eigenvalue weighted by Crippen LogP contribution is 2.57. The molecule has 0 aliphatic heterocycles. The van der Waals surface area contributed by atoms with Crippen LogP contribution in [-0.4, -0.2) is 17.8 Å². The second kappa shape index (κ2) is 11.2. The fourth-order valence-corrected chi connectivity index (χ4v) is 6.16. The van der Waals surface area contributed by atoms with E-state index >= 15 is 17.6 Å². The minimum atomic E-state index is -4.70. The topological polar surface area (TPSA) is 0 Å². The van der Waals surface area contributed by atoms with Crippen LogP contribution in [0.3, 0.4) is 0 Å². The summed E-state index contributed by atoms with van der Waals surface area (Å²) in [4.78, 5) is 0. The van der Waals surface area contributed by atoms with E-state index in [2.05, 4.69) is 6.92 Å². The number of halogens is 6. The van der Waals surface area contributed by atoms with E-state index in [0.29, 0.717) is 19.3 Å². The predicted molar refractivity (Wildman–Crippen MR) is 125 cm³/mol. The molecule has 0 N–H and O–H groups in total. The van der Waals surface area contributed by atoms with E-state index in [1.165, 1.54) is 5.56 Å². The van der Waals surface area contributed by atoms with E-state index in [-0.39, 0.29) is 31.1 Å². The first kappa shape index (κ1) is 27.4. The summed E-state index contributed by atoms with van der Waals surface area (Å²) in [6.45, 7) is 4.10. The van der Waals surface area contributed by atoms with Gasteiger partial charge in [-0.2, -0.15) is 17.6 Å². The molecule has 0 saturated heterocycles. The zero-order valence-electron chi connectivity index (χ0n) is 20.6. The van der Waals surface area contributed by atoms with Crippen molar-refractivity contribution in [1.29, 1.82) is 0 Å². The summed E-state index contributed by atoms with van der Waals surface area (Å²) >= 11 is 0. The molecule has 2 unspecified atom stereocenters. The molecular weight excluding hydrogens is 450 g/mol. The van der Waals surface area contributed by atoms with E-state index < -0.39 is 42.4 Å². The number of rotatable bonds is 10. The third kappa shape index (κ3) is 5.95. The molecule has 0 amide bonds. The third-order valence-electron chi connectivity index (χ3n) is 8.26. The van der Waals surface area contributed by atoms with Crippen LogP contribution >= 0.6 is 0 Å². The number of hydrogen-bond acceptors (Lipinski definition) is 0. The van der Waals surface area contributed by atoms with Crippen molar-refractivity contribution >= 4 is 0 Å². The highest BCUT2D eigenvalue weighted by atomic mass is 19.3. The molecule has 0 bridgehead atoms. The Hall–Kier alpha value is -1.20. The Morgan fingerprint density at radius 1 is 0.794 bits per heavy atom. The largest absolute Gasteiger partial charge is 0.318 e. The van der Waals surface area contributed by atoms with Gasteiger partial charge in [0.1, 0.15) is 0 Å². The highest BCUT2D eigenvalue weighted by molar-refractivity contribution is 5.26. The molecule has 194 valence electrons. The summed E-state index contributed by atoms with van der Waals surface area (Å²) in [5, 5.41) is 0. The molecule has 2 aliphatic rings. The molecule has 0 aromatic heterocycles. The smallest absolute Gasteiger partial charge is 0.206 e. The lowest BCUT2D eigenvalue weighted by Gasteiger charge is -2.45. The zero-order valence-corrected chi connectivity index (χ0v) is 20.6. The average molecular weight is 491 g/mol. The van der Waals surface area contributed by atoms with Gasteiger partial charge < -0.3 is 0 Å². The maximum absolute atomic E-state index is 15.1. The summed E-state index contributed by atoms with van der Waals surface area (Å²) in [6, 6.07) is 8.08. The average Bonchev–Trinajstić information content (AvgIpc) is 2.79. The molecule has 0 radical (unpaired) electrons. The lowest BCUT2D eigenvalue weighted by atomic mass is 9.69. The van der Waals surface area contributed by atoms with Crippen LogP contribution in [0, 0.1) is 17.8 Å². The van der Waals surface area contributed by atoms with E-state index in [1.54, 1.807) is 0 Å². The van der Waals surface area contributed by atoms with Gasteiger partial charge in [-0.3, -0.25) is 0 Å². The number of benzene rings is 1. The van der Waals surface area contributed by atoms with Gasteiger partial charge in [0.25, 0.3) is 5.92 Å². The molecule has 2 fully saturated rings. The van der Waals surface area contributed by atoms with Crippen LogP contribution in [0.15, 0.2) is 24.3 Å². The summed E-state index contributed by atoms with van der Waals surface area (Å²) in [5.41, 5.74) is 2.26. The normalized spacial score (nSPS) is 28.1. The van der Waals surface area contributed by atoms with Crippen molar-refractivity contribution in [2.24, 2.45) is 17.8 Å². The summed E-state index contributed by atoms with van der Waals surface area (Å²) < 4.78 is 90.1. The molecule has 6 heteroatoms. The molecule has 0 spiro atoms. The second-order valence-corrected chi connectivity index (χ2v) is 10.7. The van der Waals surface area contributed by atoms with Gasteiger partial charge in [0, 0.05) is 12.3 Å². The molecule has 0 nitrogen and oxygen atoms in total. The van der Waals surface area contributed by atoms with E-state index in [0.717, 1.165) is 37.7 Å². The molecule has 1 aromatic carbocycles. The van der Waals surface area contributed by atoms with Gasteiger partial charge in [-0.15, -0.1) is 0 Å². The molecule has 2 saturated carbocycles. The lowest BCUT2D eigenvalue weighted by molar-refractivity contribution is -0.305. The molecule has 2 atom stereocenters. The predicted octanol–water partition coefficient (Wildman–Crippen LogP) is 9.82. The van der Waals surface area contributed by atoms with E-state index in [1.807, 2.05) is 31.2 Å². The number of hydrogen-bond donors (Lipinski definition) is 0. The van der Waals surface area contributed by atoms with Gasteiger partial charge in [0.2, 0.25) is 0 Å². The zero-order chi connectivity index (χ0) is 25.0. The van der Waals surface area contributed by atoms with Crippen LogP contribution in [0.1, 0.15) is 108 Å². The van der Waals surface area contributed by atoms with Gasteiger partial charge in [-0.05, 0) is 67.9 Å². The second-order valence-electron chi connectivity index (χ2n) is 10.7. The number of alkyl halides is 6. The van der Waals surface area contributed by atoms with Gasteiger partial charge in [0.05, 0.1) is 5.92 Å². The standard InChI is InChI=1S/C28H40F6/c1-3-5-6-8-21-11-18-25(26(29,30)19-21)28(33,34)27(31,32)24-16-14-23(15-17-24)22-12-9-20(7-4-2)10-13-22/h9-10,12-13,21,23-25H,3-8,11,14-19H2,1-2H3. The molecular formula is C28H40F6. The van der Waals surface area contributed by atoms with Gasteiger partial charge in [-0.1, -0.05) is 70.2 Å². The summed E-state index contributed by atoms with van der Waals surface area (Å²) in [7, 11) is 0. The Balaban J connectivity index is 1.62. The quantitative estimate of drug-likeness (QED) is 0.226. The monoisotopic (exact) mass is 490 g/mol. The first-order valence-corrected chi connectivity index (χ1v) is 13.2. The highest BCUT2D eigenvalue weighted by Gasteiger charge is 2.70.